The molecule has 1 saturated heterocycles. The molecule has 0 unspecified atom stereocenters. The summed E-state index contributed by atoms with van der Waals surface area (Å²) < 4.78 is 13.6. The highest BCUT2D eigenvalue weighted by atomic mass is 19.1. The first-order chi connectivity index (χ1) is 11.2. The van der Waals surface area contributed by atoms with Gasteiger partial charge in [-0.05, 0) is 36.8 Å². The molecule has 1 aliphatic rings. The maximum Gasteiger partial charge on any atom is 0.134 e. The van der Waals surface area contributed by atoms with Gasteiger partial charge < -0.3 is 10.2 Å². The van der Waals surface area contributed by atoms with Crippen LogP contribution in [-0.4, -0.2) is 29.6 Å². The van der Waals surface area contributed by atoms with Crippen LogP contribution < -0.4 is 10.2 Å². The zero-order chi connectivity index (χ0) is 16.1. The maximum absolute atomic E-state index is 13.6. The van der Waals surface area contributed by atoms with Crippen molar-refractivity contribution >= 4 is 11.6 Å². The number of piperidine rings is 1. The summed E-state index contributed by atoms with van der Waals surface area (Å²) in [6.45, 7) is 5.04. The van der Waals surface area contributed by atoms with Crippen LogP contribution in [0.5, 0.6) is 0 Å². The normalized spacial score (nSPS) is 15.7. The molecule has 0 spiro atoms. The fraction of sp³-hybridized carbons (Fsp3) is 0.444. The molecule has 5 heteroatoms. The van der Waals surface area contributed by atoms with E-state index < -0.39 is 0 Å². The molecule has 3 rings (SSSR count). The summed E-state index contributed by atoms with van der Waals surface area (Å²) in [5.41, 5.74) is 0.722. The molecular formula is C18H23FN4. The standard InChI is InChI=1S/C18H23FN4/c1-14-7-10-23(11-8-14)18-12-17(21-13-22-18)20-9-6-15-4-2-3-5-16(15)19/h2-5,12-14H,6-11H2,1H3,(H,20,21,22). The number of halogens is 1. The Morgan fingerprint density at radius 3 is 2.78 bits per heavy atom. The van der Waals surface area contributed by atoms with Crippen LogP contribution >= 0.6 is 0 Å². The van der Waals surface area contributed by atoms with Gasteiger partial charge >= 0.3 is 0 Å². The Bertz CT molecular complexity index is 638. The fourth-order valence-corrected chi connectivity index (χ4v) is 2.88. The van der Waals surface area contributed by atoms with Gasteiger partial charge in [0.2, 0.25) is 0 Å². The molecule has 1 aliphatic heterocycles. The largest absolute Gasteiger partial charge is 0.370 e. The van der Waals surface area contributed by atoms with E-state index in [1.54, 1.807) is 12.4 Å². The highest BCUT2D eigenvalue weighted by molar-refractivity contribution is 5.48. The zero-order valence-electron chi connectivity index (χ0n) is 13.5. The van der Waals surface area contributed by atoms with Crippen molar-refractivity contribution in [2.75, 3.05) is 29.9 Å². The van der Waals surface area contributed by atoms with E-state index >= 15 is 0 Å². The van der Waals surface area contributed by atoms with Crippen molar-refractivity contribution in [3.05, 3.63) is 48.0 Å². The van der Waals surface area contributed by atoms with Gasteiger partial charge in [-0.15, -0.1) is 0 Å². The van der Waals surface area contributed by atoms with Crippen LogP contribution in [0.15, 0.2) is 36.7 Å². The Hall–Kier alpha value is -2.17. The molecule has 0 amide bonds. The smallest absolute Gasteiger partial charge is 0.134 e. The average Bonchev–Trinajstić information content (AvgIpc) is 2.58. The van der Waals surface area contributed by atoms with Gasteiger partial charge in [0.25, 0.3) is 0 Å². The first-order valence-electron chi connectivity index (χ1n) is 8.26. The first kappa shape index (κ1) is 15.7. The van der Waals surface area contributed by atoms with Crippen LogP contribution in [0.3, 0.4) is 0 Å². The van der Waals surface area contributed by atoms with E-state index in [1.165, 1.54) is 18.9 Å². The van der Waals surface area contributed by atoms with E-state index in [4.69, 9.17) is 0 Å². The summed E-state index contributed by atoms with van der Waals surface area (Å²) in [6.07, 6.45) is 4.64. The van der Waals surface area contributed by atoms with Crippen molar-refractivity contribution < 1.29 is 4.39 Å². The predicted octanol–water partition coefficient (Wildman–Crippen LogP) is 3.51. The van der Waals surface area contributed by atoms with E-state index in [2.05, 4.69) is 27.1 Å². The molecule has 2 heterocycles. The van der Waals surface area contributed by atoms with Crippen LogP contribution in [0.1, 0.15) is 25.3 Å². The van der Waals surface area contributed by atoms with Gasteiger partial charge in [0.1, 0.15) is 23.8 Å². The molecule has 1 aromatic heterocycles. The summed E-state index contributed by atoms with van der Waals surface area (Å²) in [7, 11) is 0. The molecule has 122 valence electrons. The second kappa shape index (κ2) is 7.40. The highest BCUT2D eigenvalue weighted by Gasteiger charge is 2.17. The van der Waals surface area contributed by atoms with Crippen molar-refractivity contribution in [1.82, 2.24) is 9.97 Å². The van der Waals surface area contributed by atoms with Crippen LogP contribution in [0.2, 0.25) is 0 Å². The molecule has 0 aliphatic carbocycles. The van der Waals surface area contributed by atoms with Gasteiger partial charge in [0, 0.05) is 25.7 Å². The number of rotatable bonds is 5. The van der Waals surface area contributed by atoms with Gasteiger partial charge in [-0.2, -0.15) is 0 Å². The van der Waals surface area contributed by atoms with Crippen molar-refractivity contribution in [1.29, 1.82) is 0 Å². The number of benzene rings is 1. The molecule has 0 saturated carbocycles. The number of nitrogens with one attached hydrogen (secondary N) is 1. The second-order valence-corrected chi connectivity index (χ2v) is 6.20. The topological polar surface area (TPSA) is 41.0 Å². The van der Waals surface area contributed by atoms with Crippen molar-refractivity contribution in [2.45, 2.75) is 26.2 Å². The molecule has 1 fully saturated rings. The summed E-state index contributed by atoms with van der Waals surface area (Å²) in [4.78, 5) is 11.0. The predicted molar refractivity (Wildman–Crippen MR) is 91.2 cm³/mol. The van der Waals surface area contributed by atoms with Gasteiger partial charge in [-0.25, -0.2) is 14.4 Å². The number of hydrogen-bond acceptors (Lipinski definition) is 4. The molecule has 0 radical (unpaired) electrons. The molecule has 4 nitrogen and oxygen atoms in total. The third kappa shape index (κ3) is 4.18. The second-order valence-electron chi connectivity index (χ2n) is 6.20. The van der Waals surface area contributed by atoms with Crippen molar-refractivity contribution in [2.24, 2.45) is 5.92 Å². The lowest BCUT2D eigenvalue weighted by Gasteiger charge is -2.31. The number of nitrogens with zero attached hydrogens (tertiary/aromatic N) is 3. The van der Waals surface area contributed by atoms with Gasteiger partial charge in [-0.3, -0.25) is 0 Å². The van der Waals surface area contributed by atoms with Crippen LogP contribution in [-0.2, 0) is 6.42 Å². The van der Waals surface area contributed by atoms with Crippen molar-refractivity contribution in [3.63, 3.8) is 0 Å². The van der Waals surface area contributed by atoms with E-state index in [0.717, 1.165) is 36.2 Å². The molecular weight excluding hydrogens is 291 g/mol. The molecule has 23 heavy (non-hydrogen) atoms. The van der Waals surface area contributed by atoms with Crippen LogP contribution in [0, 0.1) is 11.7 Å². The third-order valence-corrected chi connectivity index (χ3v) is 4.42. The van der Waals surface area contributed by atoms with Gasteiger partial charge in [0.05, 0.1) is 0 Å². The molecule has 1 N–H and O–H groups in total. The van der Waals surface area contributed by atoms with Crippen LogP contribution in [0.25, 0.3) is 0 Å². The first-order valence-corrected chi connectivity index (χ1v) is 8.26. The minimum Gasteiger partial charge on any atom is -0.370 e. The molecule has 1 aromatic carbocycles. The summed E-state index contributed by atoms with van der Waals surface area (Å²) in [6, 6.07) is 8.87. The Morgan fingerprint density at radius 2 is 2.00 bits per heavy atom. The average molecular weight is 314 g/mol. The van der Waals surface area contributed by atoms with E-state index in [9.17, 15) is 4.39 Å². The fourth-order valence-electron chi connectivity index (χ4n) is 2.88. The SMILES string of the molecule is CC1CCN(c2cc(NCCc3ccccc3F)ncn2)CC1. The minimum absolute atomic E-state index is 0.153. The highest BCUT2D eigenvalue weighted by Crippen LogP contribution is 2.22. The van der Waals surface area contributed by atoms with Crippen molar-refractivity contribution in [3.8, 4) is 0 Å². The zero-order valence-corrected chi connectivity index (χ0v) is 13.5. The lowest BCUT2D eigenvalue weighted by molar-refractivity contribution is 0.436. The minimum atomic E-state index is -0.153. The molecule has 0 bridgehead atoms. The quantitative estimate of drug-likeness (QED) is 0.917. The van der Waals surface area contributed by atoms with E-state index in [0.29, 0.717) is 13.0 Å². The van der Waals surface area contributed by atoms with Gasteiger partial charge in [-0.1, -0.05) is 25.1 Å². The molecule has 0 atom stereocenters. The Morgan fingerprint density at radius 1 is 1.22 bits per heavy atom. The van der Waals surface area contributed by atoms with Crippen LogP contribution in [0.4, 0.5) is 16.0 Å². The lowest BCUT2D eigenvalue weighted by Crippen LogP contribution is -2.33. The van der Waals surface area contributed by atoms with E-state index in [1.807, 2.05) is 18.2 Å². The Balaban J connectivity index is 1.56. The summed E-state index contributed by atoms with van der Waals surface area (Å²) in [5, 5.41) is 3.26. The number of aromatic nitrogens is 2. The van der Waals surface area contributed by atoms with E-state index in [-0.39, 0.29) is 5.82 Å². The maximum atomic E-state index is 13.6. The summed E-state index contributed by atoms with van der Waals surface area (Å²) >= 11 is 0. The monoisotopic (exact) mass is 314 g/mol. The summed E-state index contributed by atoms with van der Waals surface area (Å²) in [5.74, 6) is 2.41. The number of hydrogen-bond donors (Lipinski definition) is 1. The Labute approximate surface area is 136 Å². The van der Waals surface area contributed by atoms with Gasteiger partial charge in [0.15, 0.2) is 0 Å². The molecule has 2 aromatic rings. The number of anilines is 2. The Kier molecular flexibility index (Phi) is 5.05. The third-order valence-electron chi connectivity index (χ3n) is 4.42. The lowest BCUT2D eigenvalue weighted by atomic mass is 9.99.